The van der Waals surface area contributed by atoms with Crippen molar-refractivity contribution < 1.29 is 23.9 Å². The first kappa shape index (κ1) is 24.4. The summed E-state index contributed by atoms with van der Waals surface area (Å²) in [6.45, 7) is 3.49. The predicted octanol–water partition coefficient (Wildman–Crippen LogP) is 4.21. The highest BCUT2D eigenvalue weighted by Gasteiger charge is 2.36. The van der Waals surface area contributed by atoms with E-state index in [1.165, 1.54) is 29.2 Å². The van der Waals surface area contributed by atoms with Gasteiger partial charge in [-0.15, -0.1) is 0 Å². The van der Waals surface area contributed by atoms with Gasteiger partial charge in [-0.25, -0.2) is 9.69 Å². The summed E-state index contributed by atoms with van der Waals surface area (Å²) in [6, 6.07) is 20.1. The van der Waals surface area contributed by atoms with Gasteiger partial charge in [-0.1, -0.05) is 18.2 Å². The number of amides is 3. The zero-order valence-corrected chi connectivity index (χ0v) is 19.9. The van der Waals surface area contributed by atoms with Crippen LogP contribution in [0.1, 0.15) is 48.6 Å². The van der Waals surface area contributed by atoms with Crippen molar-refractivity contribution in [2.24, 2.45) is 0 Å². The van der Waals surface area contributed by atoms with Crippen LogP contribution in [0.5, 0.6) is 0 Å². The zero-order chi connectivity index (χ0) is 25.8. The zero-order valence-electron chi connectivity index (χ0n) is 19.9. The largest absolute Gasteiger partial charge is 0.452 e. The van der Waals surface area contributed by atoms with E-state index in [4.69, 9.17) is 10.00 Å². The Morgan fingerprint density at radius 3 is 2.06 bits per heavy atom. The molecule has 0 saturated carbocycles. The number of imide groups is 1. The van der Waals surface area contributed by atoms with Crippen molar-refractivity contribution in [3.05, 3.63) is 94.5 Å². The molecular weight excluding hydrogens is 458 g/mol. The number of nitrogens with zero attached hydrogens (tertiary/aromatic N) is 3. The molecule has 8 nitrogen and oxygen atoms in total. The summed E-state index contributed by atoms with van der Waals surface area (Å²) in [4.78, 5) is 53.2. The Labute approximate surface area is 208 Å². The van der Waals surface area contributed by atoms with Gasteiger partial charge in [-0.3, -0.25) is 14.4 Å². The topological polar surface area (TPSA) is 108 Å². The Hall–Kier alpha value is -4.77. The second-order valence-corrected chi connectivity index (χ2v) is 8.41. The average molecular weight is 482 g/mol. The molecule has 3 aromatic carbocycles. The van der Waals surface area contributed by atoms with Crippen LogP contribution in [0.25, 0.3) is 0 Å². The third kappa shape index (κ3) is 4.86. The first-order valence-electron chi connectivity index (χ1n) is 11.3. The molecular formula is C28H23N3O5. The number of aryl methyl sites for hydroxylation is 2. The predicted molar refractivity (Wildman–Crippen MR) is 133 cm³/mol. The van der Waals surface area contributed by atoms with Crippen LogP contribution in [0.3, 0.4) is 0 Å². The number of carbonyl (C=O) groups excluding carboxylic acids is 4. The van der Waals surface area contributed by atoms with E-state index in [-0.39, 0.29) is 18.5 Å². The number of hydrogen-bond donors (Lipinski definition) is 0. The molecule has 180 valence electrons. The first-order chi connectivity index (χ1) is 17.3. The van der Waals surface area contributed by atoms with E-state index < -0.39 is 30.3 Å². The molecule has 0 unspecified atom stereocenters. The Morgan fingerprint density at radius 1 is 0.917 bits per heavy atom. The molecule has 0 radical (unpaired) electrons. The Kier molecular flexibility index (Phi) is 6.93. The van der Waals surface area contributed by atoms with Crippen LogP contribution in [0.15, 0.2) is 66.7 Å². The summed E-state index contributed by atoms with van der Waals surface area (Å²) < 4.78 is 5.23. The third-order valence-electron chi connectivity index (χ3n) is 5.75. The lowest BCUT2D eigenvalue weighted by Crippen LogP contribution is -2.35. The molecule has 0 spiro atoms. The minimum Gasteiger partial charge on any atom is -0.452 e. The van der Waals surface area contributed by atoms with Crippen LogP contribution in [0, 0.1) is 25.2 Å². The second kappa shape index (κ2) is 10.2. The van der Waals surface area contributed by atoms with Crippen molar-refractivity contribution >= 4 is 35.1 Å². The summed E-state index contributed by atoms with van der Waals surface area (Å²) in [6.07, 6.45) is 0.131. The number of fused-ring (bicyclic) bond motifs is 1. The van der Waals surface area contributed by atoms with Gasteiger partial charge in [0.1, 0.15) is 0 Å². The highest BCUT2D eigenvalue weighted by atomic mass is 16.5. The van der Waals surface area contributed by atoms with Gasteiger partial charge in [0.15, 0.2) is 6.61 Å². The molecule has 0 bridgehead atoms. The van der Waals surface area contributed by atoms with Gasteiger partial charge in [-0.2, -0.15) is 5.26 Å². The average Bonchev–Trinajstić information content (AvgIpc) is 3.12. The lowest BCUT2D eigenvalue weighted by atomic mass is 10.1. The lowest BCUT2D eigenvalue weighted by Gasteiger charge is -2.22. The number of esters is 1. The van der Waals surface area contributed by atoms with Crippen LogP contribution in [-0.4, -0.2) is 36.8 Å². The van der Waals surface area contributed by atoms with Gasteiger partial charge < -0.3 is 9.64 Å². The number of nitriles is 1. The molecule has 1 heterocycles. The van der Waals surface area contributed by atoms with Crippen LogP contribution < -0.4 is 9.80 Å². The van der Waals surface area contributed by atoms with Crippen molar-refractivity contribution in [2.75, 3.05) is 23.0 Å². The van der Waals surface area contributed by atoms with E-state index >= 15 is 0 Å². The van der Waals surface area contributed by atoms with Crippen molar-refractivity contribution in [2.45, 2.75) is 20.3 Å². The maximum absolute atomic E-state index is 12.9. The van der Waals surface area contributed by atoms with E-state index in [1.807, 2.05) is 38.1 Å². The number of anilines is 2. The van der Waals surface area contributed by atoms with Crippen LogP contribution >= 0.6 is 0 Å². The monoisotopic (exact) mass is 481 g/mol. The van der Waals surface area contributed by atoms with Crippen LogP contribution in [-0.2, 0) is 9.53 Å². The highest BCUT2D eigenvalue weighted by Crippen LogP contribution is 2.28. The maximum Gasteiger partial charge on any atom is 0.338 e. The Balaban J connectivity index is 1.43. The lowest BCUT2D eigenvalue weighted by molar-refractivity contribution is -0.121. The summed E-state index contributed by atoms with van der Waals surface area (Å²) in [5.74, 6) is -2.04. The number of benzene rings is 3. The minimum absolute atomic E-state index is 0.131. The highest BCUT2D eigenvalue weighted by molar-refractivity contribution is 6.34. The van der Waals surface area contributed by atoms with Gasteiger partial charge in [0.05, 0.1) is 34.9 Å². The fourth-order valence-electron chi connectivity index (χ4n) is 4.12. The SMILES string of the molecule is Cc1cc(C)cc(N(CCC#N)C(=O)COC(=O)c2ccc(N3C(=O)c4ccccc4C3=O)cc2)c1. The van der Waals surface area contributed by atoms with Crippen LogP contribution in [0.2, 0.25) is 0 Å². The van der Waals surface area contributed by atoms with E-state index in [1.54, 1.807) is 24.3 Å². The molecule has 0 aliphatic carbocycles. The molecule has 3 aromatic rings. The standard InChI is InChI=1S/C28H23N3O5/c1-18-14-19(2)16-22(15-18)30(13-5-12-29)25(32)17-36-28(35)20-8-10-21(11-9-20)31-26(33)23-6-3-4-7-24(23)27(31)34/h3-4,6-11,14-16H,5,13,17H2,1-2H3. The van der Waals surface area contributed by atoms with E-state index in [2.05, 4.69) is 0 Å². The fourth-order valence-corrected chi connectivity index (χ4v) is 4.12. The van der Waals surface area contributed by atoms with Crippen molar-refractivity contribution in [1.82, 2.24) is 0 Å². The molecule has 1 aliphatic heterocycles. The first-order valence-corrected chi connectivity index (χ1v) is 11.3. The van der Waals surface area contributed by atoms with E-state index in [9.17, 15) is 19.2 Å². The Bertz CT molecular complexity index is 1350. The summed E-state index contributed by atoms with van der Waals surface area (Å²) in [5, 5.41) is 8.99. The van der Waals surface area contributed by atoms with Gasteiger partial charge >= 0.3 is 5.97 Å². The summed E-state index contributed by atoms with van der Waals surface area (Å²) in [7, 11) is 0. The molecule has 8 heteroatoms. The van der Waals surface area contributed by atoms with Gasteiger partial charge in [0.25, 0.3) is 17.7 Å². The fraction of sp³-hybridized carbons (Fsp3) is 0.179. The summed E-state index contributed by atoms with van der Waals surface area (Å²) in [5.41, 5.74) is 3.71. The molecule has 0 fully saturated rings. The molecule has 36 heavy (non-hydrogen) atoms. The minimum atomic E-state index is -0.724. The van der Waals surface area contributed by atoms with E-state index in [0.29, 0.717) is 22.5 Å². The summed E-state index contributed by atoms with van der Waals surface area (Å²) >= 11 is 0. The van der Waals surface area contributed by atoms with E-state index in [0.717, 1.165) is 16.0 Å². The molecule has 0 aromatic heterocycles. The number of carbonyl (C=O) groups is 4. The quantitative estimate of drug-likeness (QED) is 0.370. The molecule has 4 rings (SSSR count). The number of hydrogen-bond acceptors (Lipinski definition) is 6. The Morgan fingerprint density at radius 2 is 1.50 bits per heavy atom. The number of ether oxygens (including phenoxy) is 1. The molecule has 0 N–H and O–H groups in total. The van der Waals surface area contributed by atoms with Gasteiger partial charge in [0, 0.05) is 12.2 Å². The van der Waals surface area contributed by atoms with Gasteiger partial charge in [0.2, 0.25) is 0 Å². The van der Waals surface area contributed by atoms with Crippen molar-refractivity contribution in [3.8, 4) is 6.07 Å². The molecule has 1 aliphatic rings. The van der Waals surface area contributed by atoms with Crippen molar-refractivity contribution in [1.29, 1.82) is 5.26 Å². The third-order valence-corrected chi connectivity index (χ3v) is 5.75. The molecule has 0 atom stereocenters. The second-order valence-electron chi connectivity index (χ2n) is 8.41. The normalized spacial score (nSPS) is 12.2. The molecule has 0 saturated heterocycles. The molecule has 3 amide bonds. The maximum atomic E-state index is 12.9. The smallest absolute Gasteiger partial charge is 0.338 e. The van der Waals surface area contributed by atoms with Crippen LogP contribution in [0.4, 0.5) is 11.4 Å². The number of rotatable bonds is 7. The van der Waals surface area contributed by atoms with Crippen molar-refractivity contribution in [3.63, 3.8) is 0 Å². The van der Waals surface area contributed by atoms with Gasteiger partial charge in [-0.05, 0) is 73.5 Å².